The molecule has 0 unspecified atom stereocenters. The molecule has 9 nitrogen and oxygen atoms in total. The van der Waals surface area contributed by atoms with Gasteiger partial charge in [-0.1, -0.05) is 39.0 Å². The van der Waals surface area contributed by atoms with Gasteiger partial charge in [-0.15, -0.1) is 0 Å². The molecule has 1 N–H and O–H groups in total. The van der Waals surface area contributed by atoms with E-state index in [1.54, 1.807) is 0 Å². The number of anilines is 2. The van der Waals surface area contributed by atoms with Crippen LogP contribution in [0.4, 0.5) is 11.9 Å². The number of nitrogens with one attached hydrogen (secondary N) is 1. The second-order valence-corrected chi connectivity index (χ2v) is 9.94. The van der Waals surface area contributed by atoms with E-state index in [1.807, 2.05) is 27.7 Å². The summed E-state index contributed by atoms with van der Waals surface area (Å²) in [6.45, 7) is 15.9. The summed E-state index contributed by atoms with van der Waals surface area (Å²) in [6, 6.07) is 0.317. The highest BCUT2D eigenvalue weighted by molar-refractivity contribution is 6.61. The summed E-state index contributed by atoms with van der Waals surface area (Å²) in [5.41, 5.74) is 0. The molecule has 1 aromatic heterocycles. The molecule has 0 atom stereocenters. The molecule has 0 saturated heterocycles. The number of nitrogens with zero attached hydrogens (tertiary/aromatic N) is 4. The Morgan fingerprint density at radius 3 is 1.94 bits per heavy atom. The molecule has 0 amide bonds. The molecule has 1 rings (SSSR count). The fraction of sp³-hybridized carbons (Fsp3) is 0.864. The Morgan fingerprint density at radius 1 is 0.750 bits per heavy atom. The van der Waals surface area contributed by atoms with Crippen molar-refractivity contribution in [2.45, 2.75) is 80.1 Å². The summed E-state index contributed by atoms with van der Waals surface area (Å²) in [5, 5.41) is 3.27. The first-order chi connectivity index (χ1) is 15.6. The van der Waals surface area contributed by atoms with Crippen molar-refractivity contribution in [1.82, 2.24) is 15.0 Å². The largest absolute Gasteiger partial charge is 0.521 e. The fourth-order valence-electron chi connectivity index (χ4n) is 3.37. The van der Waals surface area contributed by atoms with Crippen molar-refractivity contribution < 1.29 is 18.0 Å². The van der Waals surface area contributed by atoms with Gasteiger partial charge < -0.3 is 28.2 Å². The minimum absolute atomic E-state index is 0.317. The first kappa shape index (κ1) is 28.5. The molecule has 0 aromatic carbocycles. The van der Waals surface area contributed by atoms with Gasteiger partial charge in [-0.05, 0) is 41.0 Å². The summed E-state index contributed by atoms with van der Waals surface area (Å²) in [7, 11) is -2.87. The maximum absolute atomic E-state index is 5.92. The van der Waals surface area contributed by atoms with Crippen LogP contribution in [0.2, 0.25) is 0 Å². The van der Waals surface area contributed by atoms with E-state index in [9.17, 15) is 0 Å². The monoisotopic (exact) mass is 471 g/mol. The lowest BCUT2D eigenvalue weighted by Crippen LogP contribution is -2.52. The van der Waals surface area contributed by atoms with Gasteiger partial charge in [0.2, 0.25) is 11.9 Å². The lowest BCUT2D eigenvalue weighted by Gasteiger charge is -2.28. The van der Waals surface area contributed by atoms with E-state index in [0.717, 1.165) is 19.5 Å². The van der Waals surface area contributed by atoms with Crippen LogP contribution in [0.25, 0.3) is 0 Å². The average Bonchev–Trinajstić information content (AvgIpc) is 2.78. The van der Waals surface area contributed by atoms with Crippen LogP contribution in [-0.2, 0) is 13.3 Å². The molecule has 0 aliphatic rings. The summed E-state index contributed by atoms with van der Waals surface area (Å²) in [5.74, 6) is 1.06. The molecule has 0 spiro atoms. The zero-order valence-electron chi connectivity index (χ0n) is 21.1. The third kappa shape index (κ3) is 10.4. The first-order valence-corrected chi connectivity index (χ1v) is 14.3. The highest BCUT2D eigenvalue weighted by Gasteiger charge is 2.40. The lowest BCUT2D eigenvalue weighted by molar-refractivity contribution is 0.0740. The van der Waals surface area contributed by atoms with E-state index in [0.29, 0.717) is 50.5 Å². The Balaban J connectivity index is 2.92. The van der Waals surface area contributed by atoms with Gasteiger partial charge in [-0.2, -0.15) is 15.0 Å². The van der Waals surface area contributed by atoms with Crippen molar-refractivity contribution in [3.8, 4) is 6.01 Å². The van der Waals surface area contributed by atoms with Crippen molar-refractivity contribution in [2.75, 3.05) is 55.9 Å². The van der Waals surface area contributed by atoms with E-state index >= 15 is 0 Å². The van der Waals surface area contributed by atoms with Crippen molar-refractivity contribution in [3.63, 3.8) is 0 Å². The smallest absolute Gasteiger partial charge is 0.464 e. The Bertz CT molecular complexity index is 595. The molecule has 1 aromatic rings. The molecule has 186 valence electrons. The SMILES string of the molecule is CCCCCCCCN(CC)c1nc(NC[Si](OCC)(OCC)OCC)nc(OCC)n1. The Kier molecular flexibility index (Phi) is 15.2. The fourth-order valence-corrected chi connectivity index (χ4v) is 5.62. The molecule has 32 heavy (non-hydrogen) atoms. The van der Waals surface area contributed by atoms with Gasteiger partial charge in [0.15, 0.2) is 0 Å². The van der Waals surface area contributed by atoms with Crippen LogP contribution >= 0.6 is 0 Å². The molecule has 0 fully saturated rings. The molecule has 10 heteroatoms. The number of ether oxygens (including phenoxy) is 1. The number of rotatable bonds is 20. The van der Waals surface area contributed by atoms with E-state index in [2.05, 4.69) is 39.0 Å². The third-order valence-corrected chi connectivity index (χ3v) is 7.67. The predicted molar refractivity (Wildman–Crippen MR) is 131 cm³/mol. The van der Waals surface area contributed by atoms with Crippen molar-refractivity contribution >= 4 is 20.7 Å². The molecule has 0 aliphatic carbocycles. The maximum atomic E-state index is 5.92. The predicted octanol–water partition coefficient (Wildman–Crippen LogP) is 4.46. The van der Waals surface area contributed by atoms with Crippen LogP contribution in [0.5, 0.6) is 6.01 Å². The lowest BCUT2D eigenvalue weighted by atomic mass is 10.1. The van der Waals surface area contributed by atoms with Gasteiger partial charge in [0.05, 0.1) is 12.8 Å². The van der Waals surface area contributed by atoms with Crippen LogP contribution in [0.1, 0.15) is 80.1 Å². The van der Waals surface area contributed by atoms with Crippen molar-refractivity contribution in [1.29, 1.82) is 0 Å². The minimum atomic E-state index is -2.87. The number of hydrogen-bond acceptors (Lipinski definition) is 9. The molecule has 0 radical (unpaired) electrons. The highest BCUT2D eigenvalue weighted by atomic mass is 28.4. The van der Waals surface area contributed by atoms with Gasteiger partial charge in [-0.3, -0.25) is 0 Å². The zero-order valence-corrected chi connectivity index (χ0v) is 22.1. The number of aromatic nitrogens is 3. The first-order valence-electron chi connectivity index (χ1n) is 12.4. The van der Waals surface area contributed by atoms with E-state index in [4.69, 9.17) is 18.0 Å². The Hall–Kier alpha value is -1.49. The van der Waals surface area contributed by atoms with Gasteiger partial charge in [0.1, 0.15) is 0 Å². The van der Waals surface area contributed by atoms with E-state index in [1.165, 1.54) is 32.1 Å². The Labute approximate surface area is 196 Å². The summed E-state index contributed by atoms with van der Waals surface area (Å²) < 4.78 is 23.4. The molecule has 0 saturated carbocycles. The maximum Gasteiger partial charge on any atom is 0.521 e. The highest BCUT2D eigenvalue weighted by Crippen LogP contribution is 2.18. The van der Waals surface area contributed by atoms with Crippen LogP contribution < -0.4 is 15.0 Å². The quantitative estimate of drug-likeness (QED) is 0.219. The number of unbranched alkanes of at least 4 members (excludes halogenated alkanes) is 5. The van der Waals surface area contributed by atoms with E-state index in [-0.39, 0.29) is 0 Å². The number of hydrogen-bond donors (Lipinski definition) is 1. The normalized spacial score (nSPS) is 11.6. The summed E-state index contributed by atoms with van der Waals surface area (Å²) in [4.78, 5) is 15.8. The molecular weight excluding hydrogens is 426 g/mol. The van der Waals surface area contributed by atoms with Crippen molar-refractivity contribution in [3.05, 3.63) is 0 Å². The van der Waals surface area contributed by atoms with Crippen LogP contribution in [0.15, 0.2) is 0 Å². The van der Waals surface area contributed by atoms with Crippen LogP contribution in [-0.4, -0.2) is 69.4 Å². The average molecular weight is 472 g/mol. The zero-order chi connectivity index (χ0) is 23.7. The van der Waals surface area contributed by atoms with Gasteiger partial charge in [-0.25, -0.2) is 0 Å². The second-order valence-electron chi connectivity index (χ2n) is 7.36. The van der Waals surface area contributed by atoms with Crippen molar-refractivity contribution in [2.24, 2.45) is 0 Å². The Morgan fingerprint density at radius 2 is 1.38 bits per heavy atom. The van der Waals surface area contributed by atoms with Gasteiger partial charge in [0.25, 0.3) is 0 Å². The van der Waals surface area contributed by atoms with Gasteiger partial charge >= 0.3 is 14.8 Å². The standard InChI is InChI=1S/C22H45N5O4Si/c1-7-13-14-15-16-17-18-27(8-2)21-24-20(25-22(26-21)28-9-3)23-19-32(29-10-4,30-11-5)31-12-6/h7-19H2,1-6H3,(H,23,24,25,26). The van der Waals surface area contributed by atoms with Crippen LogP contribution in [0, 0.1) is 0 Å². The van der Waals surface area contributed by atoms with Crippen LogP contribution in [0.3, 0.4) is 0 Å². The summed E-state index contributed by atoms with van der Waals surface area (Å²) >= 11 is 0. The van der Waals surface area contributed by atoms with Gasteiger partial charge in [0, 0.05) is 32.9 Å². The molecule has 0 bridgehead atoms. The third-order valence-electron chi connectivity index (χ3n) is 4.88. The second kappa shape index (κ2) is 17.0. The summed E-state index contributed by atoms with van der Waals surface area (Å²) in [6.07, 6.45) is 7.87. The minimum Gasteiger partial charge on any atom is -0.464 e. The van der Waals surface area contributed by atoms with E-state index < -0.39 is 8.80 Å². The molecular formula is C22H45N5O4Si. The molecule has 1 heterocycles. The molecule has 0 aliphatic heterocycles. The topological polar surface area (TPSA) is 90.9 Å².